The van der Waals surface area contributed by atoms with Crippen LogP contribution in [0.15, 0.2) is 35.2 Å². The predicted molar refractivity (Wildman–Crippen MR) is 70.2 cm³/mol. The number of carbonyl (C=O) groups excluding carboxylic acids is 1. The van der Waals surface area contributed by atoms with Gasteiger partial charge in [0, 0.05) is 10.6 Å². The van der Waals surface area contributed by atoms with Crippen molar-refractivity contribution in [3.8, 4) is 0 Å². The van der Waals surface area contributed by atoms with Crippen LogP contribution < -0.4 is 11.1 Å². The largest absolute Gasteiger partial charge is 0.445 e. The fourth-order valence-corrected chi connectivity index (χ4v) is 2.31. The zero-order valence-corrected chi connectivity index (χ0v) is 10.7. The summed E-state index contributed by atoms with van der Waals surface area (Å²) >= 11 is 1.66. The molecule has 0 radical (unpaired) electrons. The fourth-order valence-electron chi connectivity index (χ4n) is 1.35. The molecule has 1 rings (SSSR count). The van der Waals surface area contributed by atoms with Crippen molar-refractivity contribution in [2.24, 2.45) is 5.73 Å². The predicted octanol–water partition coefficient (Wildman–Crippen LogP) is 1.85. The minimum absolute atomic E-state index is 0.148. The van der Waals surface area contributed by atoms with Gasteiger partial charge in [0.15, 0.2) is 0 Å². The average Bonchev–Trinajstić information content (AvgIpc) is 2.33. The first-order valence-corrected chi connectivity index (χ1v) is 6.49. The third-order valence-electron chi connectivity index (χ3n) is 2.18. The maximum absolute atomic E-state index is 10.8. The summed E-state index contributed by atoms with van der Waals surface area (Å²) in [5.41, 5.74) is 5.04. The third kappa shape index (κ3) is 6.19. The molecule has 3 N–H and O–H groups in total. The van der Waals surface area contributed by atoms with E-state index in [0.29, 0.717) is 5.75 Å². The molecule has 0 spiro atoms. The van der Waals surface area contributed by atoms with E-state index in [0.717, 1.165) is 17.9 Å². The Morgan fingerprint density at radius 3 is 2.76 bits per heavy atom. The smallest absolute Gasteiger partial charge is 0.404 e. The Balaban J connectivity index is 2.40. The van der Waals surface area contributed by atoms with E-state index < -0.39 is 6.09 Å². The lowest BCUT2D eigenvalue weighted by molar-refractivity contribution is 0.114. The Labute approximate surface area is 106 Å². The van der Waals surface area contributed by atoms with Crippen molar-refractivity contribution < 1.29 is 9.53 Å². The summed E-state index contributed by atoms with van der Waals surface area (Å²) in [6.45, 7) is 0.799. The molecule has 0 heterocycles. The van der Waals surface area contributed by atoms with Crippen molar-refractivity contribution in [2.75, 3.05) is 19.3 Å². The topological polar surface area (TPSA) is 64.3 Å². The number of thioether (sulfide) groups is 1. The van der Waals surface area contributed by atoms with E-state index in [9.17, 15) is 4.79 Å². The number of ether oxygens (including phenoxy) is 1. The van der Waals surface area contributed by atoms with E-state index in [-0.39, 0.29) is 6.10 Å². The summed E-state index contributed by atoms with van der Waals surface area (Å²) in [7, 11) is 1.87. The molecule has 0 aliphatic heterocycles. The van der Waals surface area contributed by atoms with Crippen molar-refractivity contribution in [1.82, 2.24) is 5.32 Å². The molecule has 0 aliphatic rings. The Kier molecular flexibility index (Phi) is 6.50. The maximum atomic E-state index is 10.8. The molecule has 0 fully saturated rings. The molecule has 1 amide bonds. The minimum Gasteiger partial charge on any atom is -0.445 e. The molecule has 0 aromatic heterocycles. The van der Waals surface area contributed by atoms with Crippen molar-refractivity contribution >= 4 is 17.9 Å². The summed E-state index contributed by atoms with van der Waals surface area (Å²) < 4.78 is 5.05. The molecule has 0 unspecified atom stereocenters. The zero-order valence-electron chi connectivity index (χ0n) is 9.89. The third-order valence-corrected chi connectivity index (χ3v) is 3.32. The van der Waals surface area contributed by atoms with Gasteiger partial charge >= 0.3 is 6.09 Å². The van der Waals surface area contributed by atoms with Crippen LogP contribution >= 0.6 is 11.8 Å². The Morgan fingerprint density at radius 1 is 1.47 bits per heavy atom. The lowest BCUT2D eigenvalue weighted by Crippen LogP contribution is -2.27. The van der Waals surface area contributed by atoms with Gasteiger partial charge in [-0.15, -0.1) is 11.8 Å². The lowest BCUT2D eigenvalue weighted by Gasteiger charge is -2.15. The second-order valence-electron chi connectivity index (χ2n) is 3.58. The van der Waals surface area contributed by atoms with Gasteiger partial charge in [-0.1, -0.05) is 18.2 Å². The molecular weight excluding hydrogens is 236 g/mol. The highest BCUT2D eigenvalue weighted by molar-refractivity contribution is 7.99. The second-order valence-corrected chi connectivity index (χ2v) is 4.67. The minimum atomic E-state index is -0.709. The highest BCUT2D eigenvalue weighted by Crippen LogP contribution is 2.19. The van der Waals surface area contributed by atoms with Crippen molar-refractivity contribution in [1.29, 1.82) is 0 Å². The summed E-state index contributed by atoms with van der Waals surface area (Å²) in [6, 6.07) is 10.0. The van der Waals surface area contributed by atoms with Gasteiger partial charge in [-0.05, 0) is 32.1 Å². The standard InChI is InChI=1S/C12H18N2O2S/c1-14-8-7-10(16-12(13)15)9-17-11-5-3-2-4-6-11/h2-6,10,14H,7-9H2,1H3,(H2,13,15)/t10-/m1/s1. The first-order valence-electron chi connectivity index (χ1n) is 5.51. The normalized spacial score (nSPS) is 12.1. The number of hydrogen-bond donors (Lipinski definition) is 2. The van der Waals surface area contributed by atoms with Gasteiger partial charge in [-0.2, -0.15) is 0 Å². The van der Waals surface area contributed by atoms with Crippen LogP contribution in [0.1, 0.15) is 6.42 Å². The number of amides is 1. The number of nitrogens with one attached hydrogen (secondary N) is 1. The highest BCUT2D eigenvalue weighted by Gasteiger charge is 2.12. The van der Waals surface area contributed by atoms with Gasteiger partial charge in [0.05, 0.1) is 0 Å². The molecule has 0 saturated heterocycles. The molecule has 0 saturated carbocycles. The van der Waals surface area contributed by atoms with E-state index in [1.54, 1.807) is 11.8 Å². The summed E-state index contributed by atoms with van der Waals surface area (Å²) in [5, 5.41) is 3.03. The van der Waals surface area contributed by atoms with E-state index in [1.165, 1.54) is 0 Å². The molecule has 4 nitrogen and oxygen atoms in total. The lowest BCUT2D eigenvalue weighted by atomic mass is 10.3. The van der Waals surface area contributed by atoms with Crippen LogP contribution in [0, 0.1) is 0 Å². The van der Waals surface area contributed by atoms with Crippen LogP contribution in [0.4, 0.5) is 4.79 Å². The molecule has 0 bridgehead atoms. The fraction of sp³-hybridized carbons (Fsp3) is 0.417. The van der Waals surface area contributed by atoms with Gasteiger partial charge < -0.3 is 15.8 Å². The Morgan fingerprint density at radius 2 is 2.18 bits per heavy atom. The summed E-state index contributed by atoms with van der Waals surface area (Å²) in [5.74, 6) is 0.717. The highest BCUT2D eigenvalue weighted by atomic mass is 32.2. The van der Waals surface area contributed by atoms with Crippen LogP contribution in [-0.4, -0.2) is 31.5 Å². The summed E-state index contributed by atoms with van der Waals surface area (Å²) in [4.78, 5) is 11.9. The van der Waals surface area contributed by atoms with Gasteiger partial charge in [0.1, 0.15) is 6.10 Å². The molecule has 94 valence electrons. The quantitative estimate of drug-likeness (QED) is 0.729. The average molecular weight is 254 g/mol. The van der Waals surface area contributed by atoms with Crippen LogP contribution in [0.2, 0.25) is 0 Å². The first-order chi connectivity index (χ1) is 8.22. The molecule has 17 heavy (non-hydrogen) atoms. The monoisotopic (exact) mass is 254 g/mol. The van der Waals surface area contributed by atoms with Crippen molar-refractivity contribution in [3.05, 3.63) is 30.3 Å². The number of benzene rings is 1. The Bertz CT molecular complexity index is 333. The molecular formula is C12H18N2O2S. The van der Waals surface area contributed by atoms with Crippen LogP contribution in [0.25, 0.3) is 0 Å². The zero-order chi connectivity index (χ0) is 12.5. The van der Waals surface area contributed by atoms with Crippen LogP contribution in [-0.2, 0) is 4.74 Å². The molecule has 1 atom stereocenters. The van der Waals surface area contributed by atoms with Gasteiger partial charge in [0.2, 0.25) is 0 Å². The van der Waals surface area contributed by atoms with E-state index >= 15 is 0 Å². The van der Waals surface area contributed by atoms with Gasteiger partial charge in [0.25, 0.3) is 0 Å². The number of carbonyl (C=O) groups is 1. The molecule has 1 aromatic rings. The van der Waals surface area contributed by atoms with Gasteiger partial charge in [-0.25, -0.2) is 4.79 Å². The summed E-state index contributed by atoms with van der Waals surface area (Å²) in [6.07, 6.45) is -0.0934. The molecule has 0 aliphatic carbocycles. The number of hydrogen-bond acceptors (Lipinski definition) is 4. The van der Waals surface area contributed by atoms with E-state index in [2.05, 4.69) is 5.32 Å². The maximum Gasteiger partial charge on any atom is 0.404 e. The van der Waals surface area contributed by atoms with Crippen LogP contribution in [0.5, 0.6) is 0 Å². The van der Waals surface area contributed by atoms with E-state index in [1.807, 2.05) is 37.4 Å². The van der Waals surface area contributed by atoms with Crippen molar-refractivity contribution in [3.63, 3.8) is 0 Å². The van der Waals surface area contributed by atoms with Crippen LogP contribution in [0.3, 0.4) is 0 Å². The first kappa shape index (κ1) is 13.9. The SMILES string of the molecule is CNCC[C@H](CSc1ccccc1)OC(N)=O. The van der Waals surface area contributed by atoms with Gasteiger partial charge in [-0.3, -0.25) is 0 Å². The molecule has 5 heteroatoms. The Hall–Kier alpha value is -1.20. The number of nitrogens with two attached hydrogens (primary N) is 1. The number of primary amides is 1. The second kappa shape index (κ2) is 7.97. The number of rotatable bonds is 7. The van der Waals surface area contributed by atoms with Crippen molar-refractivity contribution in [2.45, 2.75) is 17.4 Å². The van der Waals surface area contributed by atoms with E-state index in [4.69, 9.17) is 10.5 Å². The molecule has 1 aromatic carbocycles.